The van der Waals surface area contributed by atoms with Crippen molar-refractivity contribution >= 4 is 16.7 Å². The maximum absolute atomic E-state index is 5.67. The molecule has 1 fully saturated rings. The second-order valence-corrected chi connectivity index (χ2v) is 7.88. The summed E-state index contributed by atoms with van der Waals surface area (Å²) in [6, 6.07) is 12.3. The first-order chi connectivity index (χ1) is 15.2. The number of fused-ring (bicyclic) bond motifs is 1. The Morgan fingerprint density at radius 2 is 1.77 bits per heavy atom. The van der Waals surface area contributed by atoms with Crippen LogP contribution in [-0.4, -0.2) is 50.5 Å². The molecule has 6 nitrogen and oxygen atoms in total. The van der Waals surface area contributed by atoms with Gasteiger partial charge in [0.1, 0.15) is 11.5 Å². The molecule has 1 aromatic carbocycles. The maximum atomic E-state index is 5.67. The molecule has 1 aliphatic heterocycles. The highest BCUT2D eigenvalue weighted by Crippen LogP contribution is 2.33. The standard InChI is InChI=1S/C25H31N3O3/c1-4-22(18-13-20(29-2)16-21(14-18)30-3)23-7-8-24-25(27-23)15-19(17-26-24)28-9-5-6-11-31-12-10-28/h7-8,13-17,22H,4-6,9-12H2,1-3H3. The fourth-order valence-electron chi connectivity index (χ4n) is 4.18. The molecule has 0 amide bonds. The second-order valence-electron chi connectivity index (χ2n) is 7.88. The van der Waals surface area contributed by atoms with Gasteiger partial charge in [-0.3, -0.25) is 9.97 Å². The van der Waals surface area contributed by atoms with Crippen molar-refractivity contribution in [3.8, 4) is 11.5 Å². The van der Waals surface area contributed by atoms with Crippen molar-refractivity contribution in [1.82, 2.24) is 9.97 Å². The first kappa shape index (κ1) is 21.4. The van der Waals surface area contributed by atoms with Gasteiger partial charge < -0.3 is 19.1 Å². The van der Waals surface area contributed by atoms with E-state index in [2.05, 4.69) is 47.1 Å². The number of ether oxygens (including phenoxy) is 3. The quantitative estimate of drug-likeness (QED) is 0.570. The summed E-state index contributed by atoms with van der Waals surface area (Å²) in [6.07, 6.45) is 5.10. The second kappa shape index (κ2) is 9.96. The third kappa shape index (κ3) is 4.90. The molecule has 1 atom stereocenters. The molecule has 0 N–H and O–H groups in total. The molecule has 164 valence electrons. The lowest BCUT2D eigenvalue weighted by Gasteiger charge is -2.26. The summed E-state index contributed by atoms with van der Waals surface area (Å²) >= 11 is 0. The number of rotatable bonds is 6. The van der Waals surface area contributed by atoms with Crippen molar-refractivity contribution in [1.29, 1.82) is 0 Å². The number of pyridine rings is 2. The van der Waals surface area contributed by atoms with Gasteiger partial charge in [0.25, 0.3) is 0 Å². The van der Waals surface area contributed by atoms with Gasteiger partial charge in [-0.05, 0) is 55.2 Å². The van der Waals surface area contributed by atoms with Gasteiger partial charge in [-0.25, -0.2) is 0 Å². The van der Waals surface area contributed by atoms with Crippen molar-refractivity contribution in [2.75, 3.05) is 45.4 Å². The summed E-state index contributed by atoms with van der Waals surface area (Å²) in [5.74, 6) is 1.72. The van der Waals surface area contributed by atoms with Gasteiger partial charge in [-0.2, -0.15) is 0 Å². The van der Waals surface area contributed by atoms with E-state index < -0.39 is 0 Å². The van der Waals surface area contributed by atoms with E-state index in [-0.39, 0.29) is 5.92 Å². The number of aromatic nitrogens is 2. The minimum atomic E-state index is 0.146. The first-order valence-electron chi connectivity index (χ1n) is 11.0. The normalized spacial score (nSPS) is 15.9. The molecule has 2 aromatic heterocycles. The molecule has 4 rings (SSSR count). The number of benzene rings is 1. The molecule has 31 heavy (non-hydrogen) atoms. The Morgan fingerprint density at radius 1 is 0.968 bits per heavy atom. The Bertz CT molecular complexity index is 994. The summed E-state index contributed by atoms with van der Waals surface area (Å²) < 4.78 is 16.6. The summed E-state index contributed by atoms with van der Waals surface area (Å²) in [7, 11) is 3.35. The first-order valence-corrected chi connectivity index (χ1v) is 11.0. The van der Waals surface area contributed by atoms with E-state index in [1.165, 1.54) is 0 Å². The topological polar surface area (TPSA) is 56.7 Å². The van der Waals surface area contributed by atoms with E-state index in [0.29, 0.717) is 0 Å². The fourth-order valence-corrected chi connectivity index (χ4v) is 4.18. The van der Waals surface area contributed by atoms with E-state index in [9.17, 15) is 0 Å². The zero-order valence-electron chi connectivity index (χ0n) is 18.6. The molecule has 0 radical (unpaired) electrons. The summed E-state index contributed by atoms with van der Waals surface area (Å²) in [5.41, 5.74) is 5.11. The van der Waals surface area contributed by atoms with Crippen LogP contribution in [0, 0.1) is 0 Å². The monoisotopic (exact) mass is 421 g/mol. The Labute approximate surface area is 184 Å². The summed E-state index contributed by atoms with van der Waals surface area (Å²) in [6.45, 7) is 5.70. The smallest absolute Gasteiger partial charge is 0.122 e. The third-order valence-electron chi connectivity index (χ3n) is 5.92. The molecule has 0 saturated carbocycles. The number of hydrogen-bond acceptors (Lipinski definition) is 6. The van der Waals surface area contributed by atoms with Crippen LogP contribution in [0.25, 0.3) is 11.0 Å². The van der Waals surface area contributed by atoms with Crippen molar-refractivity contribution in [3.63, 3.8) is 0 Å². The Kier molecular flexibility index (Phi) is 6.87. The Hall–Kier alpha value is -2.86. The molecule has 0 aliphatic carbocycles. The number of nitrogens with zero attached hydrogens (tertiary/aromatic N) is 3. The van der Waals surface area contributed by atoms with Crippen LogP contribution in [0.15, 0.2) is 42.6 Å². The summed E-state index contributed by atoms with van der Waals surface area (Å²) in [5, 5.41) is 0. The lowest BCUT2D eigenvalue weighted by atomic mass is 9.92. The van der Waals surface area contributed by atoms with Crippen LogP contribution in [0.3, 0.4) is 0 Å². The van der Waals surface area contributed by atoms with Crippen LogP contribution in [0.4, 0.5) is 5.69 Å². The van der Waals surface area contributed by atoms with Gasteiger partial charge in [0.2, 0.25) is 0 Å². The predicted octanol–water partition coefficient (Wildman–Crippen LogP) is 4.81. The molecule has 1 unspecified atom stereocenters. The Morgan fingerprint density at radius 3 is 2.52 bits per heavy atom. The highest BCUT2D eigenvalue weighted by Gasteiger charge is 2.18. The number of hydrogen-bond donors (Lipinski definition) is 0. The lowest BCUT2D eigenvalue weighted by molar-refractivity contribution is 0.129. The SMILES string of the molecule is CCC(c1cc(OC)cc(OC)c1)c1ccc2ncc(N3CCCCOCC3)cc2n1. The lowest BCUT2D eigenvalue weighted by Crippen LogP contribution is -2.30. The molecule has 0 spiro atoms. The zero-order valence-corrected chi connectivity index (χ0v) is 18.6. The highest BCUT2D eigenvalue weighted by molar-refractivity contribution is 5.78. The van der Waals surface area contributed by atoms with Crippen molar-refractivity contribution in [3.05, 3.63) is 53.9 Å². The van der Waals surface area contributed by atoms with E-state index in [4.69, 9.17) is 19.2 Å². The Balaban J connectivity index is 1.68. The average Bonchev–Trinajstić information content (AvgIpc) is 2.78. The van der Waals surface area contributed by atoms with Crippen molar-refractivity contribution in [2.24, 2.45) is 0 Å². The molecule has 0 bridgehead atoms. The van der Waals surface area contributed by atoms with E-state index >= 15 is 0 Å². The largest absolute Gasteiger partial charge is 0.497 e. The van der Waals surface area contributed by atoms with Crippen molar-refractivity contribution < 1.29 is 14.2 Å². The van der Waals surface area contributed by atoms with E-state index in [1.54, 1.807) is 14.2 Å². The van der Waals surface area contributed by atoms with Crippen LogP contribution in [-0.2, 0) is 4.74 Å². The van der Waals surface area contributed by atoms with Crippen LogP contribution in [0.2, 0.25) is 0 Å². The fraction of sp³-hybridized carbons (Fsp3) is 0.440. The molecule has 1 saturated heterocycles. The van der Waals surface area contributed by atoms with E-state index in [0.717, 1.165) is 85.0 Å². The van der Waals surface area contributed by atoms with Crippen LogP contribution < -0.4 is 14.4 Å². The molecule has 3 heterocycles. The van der Waals surface area contributed by atoms with Crippen molar-refractivity contribution in [2.45, 2.75) is 32.1 Å². The van der Waals surface area contributed by atoms with Crippen LogP contribution in [0.5, 0.6) is 11.5 Å². The van der Waals surface area contributed by atoms with Gasteiger partial charge in [-0.1, -0.05) is 6.92 Å². The summed E-state index contributed by atoms with van der Waals surface area (Å²) in [4.78, 5) is 12.1. The van der Waals surface area contributed by atoms with Crippen LogP contribution >= 0.6 is 0 Å². The maximum Gasteiger partial charge on any atom is 0.122 e. The van der Waals surface area contributed by atoms with Gasteiger partial charge >= 0.3 is 0 Å². The van der Waals surface area contributed by atoms with Crippen LogP contribution in [0.1, 0.15) is 43.4 Å². The molecule has 3 aromatic rings. The molecule has 6 heteroatoms. The molecule has 1 aliphatic rings. The molecular weight excluding hydrogens is 390 g/mol. The third-order valence-corrected chi connectivity index (χ3v) is 5.92. The van der Waals surface area contributed by atoms with E-state index in [1.807, 2.05) is 12.3 Å². The van der Waals surface area contributed by atoms with Gasteiger partial charge in [-0.15, -0.1) is 0 Å². The number of anilines is 1. The van der Waals surface area contributed by atoms with Gasteiger partial charge in [0.05, 0.1) is 43.7 Å². The highest BCUT2D eigenvalue weighted by atomic mass is 16.5. The molecular formula is C25H31N3O3. The van der Waals surface area contributed by atoms with Gasteiger partial charge in [0, 0.05) is 37.4 Å². The van der Waals surface area contributed by atoms with Gasteiger partial charge in [0.15, 0.2) is 0 Å². The number of methoxy groups -OCH3 is 2. The zero-order chi connectivity index (χ0) is 21.6. The minimum absolute atomic E-state index is 0.146. The average molecular weight is 422 g/mol. The minimum Gasteiger partial charge on any atom is -0.497 e. The predicted molar refractivity (Wildman–Crippen MR) is 123 cm³/mol.